The second kappa shape index (κ2) is 5.70. The van der Waals surface area contributed by atoms with Gasteiger partial charge in [-0.15, -0.1) is 0 Å². The van der Waals surface area contributed by atoms with Crippen LogP contribution in [0.15, 0.2) is 24.4 Å². The Morgan fingerprint density at radius 3 is 2.75 bits per heavy atom. The van der Waals surface area contributed by atoms with Crippen molar-refractivity contribution in [3.05, 3.63) is 45.1 Å². The molecular weight excluding hydrogens is 282 g/mol. The quantitative estimate of drug-likeness (QED) is 0.664. The summed E-state index contributed by atoms with van der Waals surface area (Å²) in [6.07, 6.45) is 1.15. The molecule has 0 aliphatic rings. The lowest BCUT2D eigenvalue weighted by Crippen LogP contribution is -2.04. The Bertz CT molecular complexity index is 662. The molecule has 0 atom stereocenters. The molecule has 0 aliphatic carbocycles. The van der Waals surface area contributed by atoms with Gasteiger partial charge in [0.2, 0.25) is 11.8 Å². The van der Waals surface area contributed by atoms with Crippen molar-refractivity contribution in [1.82, 2.24) is 9.97 Å². The Kier molecular flexibility index (Phi) is 3.99. The zero-order chi connectivity index (χ0) is 14.7. The Morgan fingerprint density at radius 1 is 1.40 bits per heavy atom. The first kappa shape index (κ1) is 14.0. The fraction of sp³-hybridized carbons (Fsp3) is 0.167. The summed E-state index contributed by atoms with van der Waals surface area (Å²) in [7, 11) is 1.63. The molecule has 20 heavy (non-hydrogen) atoms. The first-order valence-electron chi connectivity index (χ1n) is 5.73. The third-order valence-electron chi connectivity index (χ3n) is 2.62. The number of nitrogens with one attached hydrogen (secondary N) is 2. The molecule has 0 spiro atoms. The highest BCUT2D eigenvalue weighted by Gasteiger charge is 2.17. The van der Waals surface area contributed by atoms with Gasteiger partial charge in [0.25, 0.3) is 0 Å². The van der Waals surface area contributed by atoms with Crippen molar-refractivity contribution in [3.63, 3.8) is 0 Å². The lowest BCUT2D eigenvalue weighted by atomic mass is 10.2. The predicted octanol–water partition coefficient (Wildman–Crippen LogP) is 3.13. The smallest absolute Gasteiger partial charge is 0.329 e. The van der Waals surface area contributed by atoms with Crippen LogP contribution < -0.4 is 10.6 Å². The molecule has 0 radical (unpaired) electrons. The summed E-state index contributed by atoms with van der Waals surface area (Å²) >= 11 is 6.02. The van der Waals surface area contributed by atoms with Crippen LogP contribution in [0.3, 0.4) is 0 Å². The fourth-order valence-corrected chi connectivity index (χ4v) is 1.71. The zero-order valence-corrected chi connectivity index (χ0v) is 11.6. The SMILES string of the molecule is CNc1ncc([N+](=O)[O-])c(Nc2ccc(C)c(Cl)c2)n1. The van der Waals surface area contributed by atoms with E-state index in [0.29, 0.717) is 10.7 Å². The van der Waals surface area contributed by atoms with Crippen LogP contribution in [0.4, 0.5) is 23.1 Å². The Morgan fingerprint density at radius 2 is 2.15 bits per heavy atom. The van der Waals surface area contributed by atoms with Crippen LogP contribution in [-0.4, -0.2) is 21.9 Å². The number of halogens is 1. The number of rotatable bonds is 4. The van der Waals surface area contributed by atoms with Crippen LogP contribution in [-0.2, 0) is 0 Å². The van der Waals surface area contributed by atoms with Gasteiger partial charge in [-0.2, -0.15) is 4.98 Å². The van der Waals surface area contributed by atoms with Crippen molar-refractivity contribution in [2.24, 2.45) is 0 Å². The molecular formula is C12H12ClN5O2. The molecule has 0 amide bonds. The summed E-state index contributed by atoms with van der Waals surface area (Å²) in [6.45, 7) is 1.87. The monoisotopic (exact) mass is 293 g/mol. The van der Waals surface area contributed by atoms with Crippen molar-refractivity contribution in [3.8, 4) is 0 Å². The summed E-state index contributed by atoms with van der Waals surface area (Å²) in [5, 5.41) is 17.1. The van der Waals surface area contributed by atoms with Crippen LogP contribution in [0.5, 0.6) is 0 Å². The first-order valence-corrected chi connectivity index (χ1v) is 6.11. The molecule has 7 nitrogen and oxygen atoms in total. The molecule has 1 heterocycles. The second-order valence-corrected chi connectivity index (χ2v) is 4.43. The van der Waals surface area contributed by atoms with Crippen molar-refractivity contribution >= 4 is 34.7 Å². The third kappa shape index (κ3) is 2.94. The van der Waals surface area contributed by atoms with Gasteiger partial charge in [0.15, 0.2) is 0 Å². The van der Waals surface area contributed by atoms with Gasteiger partial charge in [-0.25, -0.2) is 4.98 Å². The highest BCUT2D eigenvalue weighted by atomic mass is 35.5. The van der Waals surface area contributed by atoms with Gasteiger partial charge in [-0.05, 0) is 24.6 Å². The zero-order valence-electron chi connectivity index (χ0n) is 10.8. The molecule has 0 aliphatic heterocycles. The van der Waals surface area contributed by atoms with Gasteiger partial charge in [-0.3, -0.25) is 10.1 Å². The molecule has 2 N–H and O–H groups in total. The van der Waals surface area contributed by atoms with E-state index in [9.17, 15) is 10.1 Å². The van der Waals surface area contributed by atoms with E-state index in [1.54, 1.807) is 19.2 Å². The van der Waals surface area contributed by atoms with Gasteiger partial charge in [0, 0.05) is 17.8 Å². The van der Waals surface area contributed by atoms with Gasteiger partial charge in [0.05, 0.1) is 4.92 Å². The molecule has 2 aromatic rings. The maximum absolute atomic E-state index is 11.0. The Balaban J connectivity index is 2.40. The van der Waals surface area contributed by atoms with Crippen LogP contribution in [0.2, 0.25) is 5.02 Å². The predicted molar refractivity (Wildman–Crippen MR) is 77.7 cm³/mol. The lowest BCUT2D eigenvalue weighted by molar-refractivity contribution is -0.384. The van der Waals surface area contributed by atoms with E-state index in [-0.39, 0.29) is 17.5 Å². The average Bonchev–Trinajstić information content (AvgIpc) is 2.42. The van der Waals surface area contributed by atoms with E-state index in [4.69, 9.17) is 11.6 Å². The van der Waals surface area contributed by atoms with E-state index in [1.165, 1.54) is 0 Å². The summed E-state index contributed by atoms with van der Waals surface area (Å²) in [5.74, 6) is 0.394. The van der Waals surface area contributed by atoms with Crippen molar-refractivity contribution < 1.29 is 4.92 Å². The van der Waals surface area contributed by atoms with Crippen molar-refractivity contribution in [2.75, 3.05) is 17.7 Å². The molecule has 1 aromatic carbocycles. The summed E-state index contributed by atoms with van der Waals surface area (Å²) in [4.78, 5) is 18.3. The minimum absolute atomic E-state index is 0.106. The minimum Gasteiger partial charge on any atom is -0.357 e. The van der Waals surface area contributed by atoms with Crippen LogP contribution >= 0.6 is 11.6 Å². The van der Waals surface area contributed by atoms with E-state index >= 15 is 0 Å². The van der Waals surface area contributed by atoms with Crippen molar-refractivity contribution in [1.29, 1.82) is 0 Å². The first-order chi connectivity index (χ1) is 9.51. The second-order valence-electron chi connectivity index (χ2n) is 4.02. The molecule has 0 saturated heterocycles. The molecule has 2 rings (SSSR count). The summed E-state index contributed by atoms with van der Waals surface area (Å²) in [5.41, 5.74) is 1.33. The van der Waals surface area contributed by atoms with Crippen LogP contribution in [0.1, 0.15) is 5.56 Å². The molecule has 104 valence electrons. The van der Waals surface area contributed by atoms with Crippen LogP contribution in [0.25, 0.3) is 0 Å². The maximum atomic E-state index is 11.0. The molecule has 8 heteroatoms. The summed E-state index contributed by atoms with van der Waals surface area (Å²) < 4.78 is 0. The highest BCUT2D eigenvalue weighted by Crippen LogP contribution is 2.27. The van der Waals surface area contributed by atoms with E-state index < -0.39 is 4.92 Å². The van der Waals surface area contributed by atoms with E-state index in [1.807, 2.05) is 13.0 Å². The number of aromatic nitrogens is 2. The number of nitrogens with zero attached hydrogens (tertiary/aromatic N) is 3. The lowest BCUT2D eigenvalue weighted by Gasteiger charge is -2.08. The fourth-order valence-electron chi connectivity index (χ4n) is 1.53. The molecule has 0 saturated carbocycles. The van der Waals surface area contributed by atoms with Crippen molar-refractivity contribution in [2.45, 2.75) is 6.92 Å². The van der Waals surface area contributed by atoms with Gasteiger partial charge in [0.1, 0.15) is 6.20 Å². The highest BCUT2D eigenvalue weighted by molar-refractivity contribution is 6.31. The van der Waals surface area contributed by atoms with Gasteiger partial charge in [-0.1, -0.05) is 17.7 Å². The largest absolute Gasteiger partial charge is 0.357 e. The number of anilines is 3. The standard InChI is InChI=1S/C12H12ClN5O2/c1-7-3-4-8(5-9(7)13)16-11-10(18(19)20)6-15-12(14-2)17-11/h3-6H,1-2H3,(H2,14,15,16,17). The Hall–Kier alpha value is -2.41. The average molecular weight is 294 g/mol. The van der Waals surface area contributed by atoms with Gasteiger partial charge < -0.3 is 10.6 Å². The van der Waals surface area contributed by atoms with E-state index in [0.717, 1.165) is 11.8 Å². The molecule has 0 bridgehead atoms. The number of hydrogen-bond acceptors (Lipinski definition) is 6. The Labute approximate surface area is 120 Å². The molecule has 0 unspecified atom stereocenters. The topological polar surface area (TPSA) is 93.0 Å². The van der Waals surface area contributed by atoms with Crippen LogP contribution in [0, 0.1) is 17.0 Å². The number of aryl methyl sites for hydroxylation is 1. The maximum Gasteiger partial charge on any atom is 0.329 e. The number of hydrogen-bond donors (Lipinski definition) is 2. The van der Waals surface area contributed by atoms with E-state index in [2.05, 4.69) is 20.6 Å². The summed E-state index contributed by atoms with van der Waals surface area (Å²) in [6, 6.07) is 5.27. The minimum atomic E-state index is -0.544. The third-order valence-corrected chi connectivity index (χ3v) is 3.03. The van der Waals surface area contributed by atoms with Gasteiger partial charge >= 0.3 is 5.69 Å². The normalized spacial score (nSPS) is 10.2. The number of nitro groups is 1. The molecule has 0 fully saturated rings. The number of benzene rings is 1. The molecule has 1 aromatic heterocycles.